The van der Waals surface area contributed by atoms with Crippen LogP contribution >= 0.6 is 0 Å². The Kier molecular flexibility index (Phi) is 3.22. The molecule has 5 atom stereocenters. The Balaban J connectivity index is 1.67. The number of nitrogens with zero attached hydrogens (tertiary/aromatic N) is 1. The predicted molar refractivity (Wildman–Crippen MR) is 74.4 cm³/mol. The molecule has 2 saturated carbocycles. The summed E-state index contributed by atoms with van der Waals surface area (Å²) >= 11 is 0. The quantitative estimate of drug-likeness (QED) is 0.815. The van der Waals surface area contributed by atoms with Gasteiger partial charge in [-0.1, -0.05) is 20.3 Å². The van der Waals surface area contributed by atoms with Gasteiger partial charge in [-0.25, -0.2) is 0 Å². The van der Waals surface area contributed by atoms with E-state index in [0.717, 1.165) is 30.8 Å². The lowest BCUT2D eigenvalue weighted by molar-refractivity contribution is -0.0387. The van der Waals surface area contributed by atoms with Crippen LogP contribution in [0.15, 0.2) is 0 Å². The van der Waals surface area contributed by atoms with Gasteiger partial charge in [-0.05, 0) is 56.8 Å². The smallest absolute Gasteiger partial charge is 0.0817 e. The van der Waals surface area contributed by atoms with Gasteiger partial charge in [0, 0.05) is 18.6 Å². The molecule has 18 heavy (non-hydrogen) atoms. The predicted octanol–water partition coefficient (Wildman–Crippen LogP) is 3.05. The molecule has 0 spiro atoms. The third kappa shape index (κ3) is 2.22. The number of likely N-dealkylation sites (tertiary alicyclic amines) is 1. The number of hydrogen-bond acceptors (Lipinski definition) is 2. The number of rotatable bonds is 2. The maximum absolute atomic E-state index is 11.1. The Bertz CT molecular complexity index is 314. The van der Waals surface area contributed by atoms with Gasteiger partial charge in [-0.3, -0.25) is 4.90 Å². The van der Waals surface area contributed by atoms with Crippen LogP contribution in [0, 0.1) is 17.8 Å². The minimum Gasteiger partial charge on any atom is -0.388 e. The van der Waals surface area contributed by atoms with Gasteiger partial charge in [0.15, 0.2) is 0 Å². The Morgan fingerprint density at radius 2 is 1.72 bits per heavy atom. The first kappa shape index (κ1) is 12.9. The van der Waals surface area contributed by atoms with Crippen molar-refractivity contribution in [2.45, 2.75) is 77.0 Å². The average molecular weight is 251 g/mol. The number of aliphatic hydroxyl groups is 1. The van der Waals surface area contributed by atoms with Crippen molar-refractivity contribution in [2.24, 2.45) is 17.8 Å². The minimum absolute atomic E-state index is 0.379. The lowest BCUT2D eigenvalue weighted by atomic mass is 9.69. The van der Waals surface area contributed by atoms with Gasteiger partial charge in [0.25, 0.3) is 0 Å². The van der Waals surface area contributed by atoms with Crippen molar-refractivity contribution in [3.05, 3.63) is 0 Å². The molecule has 0 aromatic heterocycles. The highest BCUT2D eigenvalue weighted by atomic mass is 16.3. The van der Waals surface area contributed by atoms with E-state index in [0.29, 0.717) is 12.0 Å². The fourth-order valence-electron chi connectivity index (χ4n) is 4.39. The molecule has 2 nitrogen and oxygen atoms in total. The summed E-state index contributed by atoms with van der Waals surface area (Å²) in [5.41, 5.74) is -0.379. The fraction of sp³-hybridized carbons (Fsp3) is 1.00. The molecule has 0 radical (unpaired) electrons. The molecule has 2 heteroatoms. The van der Waals surface area contributed by atoms with Crippen LogP contribution in [0.5, 0.6) is 0 Å². The Labute approximate surface area is 112 Å². The van der Waals surface area contributed by atoms with Crippen molar-refractivity contribution >= 4 is 0 Å². The van der Waals surface area contributed by atoms with E-state index in [1.165, 1.54) is 32.1 Å². The second-order valence-electron chi connectivity index (χ2n) is 7.52. The van der Waals surface area contributed by atoms with Crippen LogP contribution in [0.1, 0.15) is 59.3 Å². The largest absolute Gasteiger partial charge is 0.388 e. The van der Waals surface area contributed by atoms with Crippen LogP contribution in [0.3, 0.4) is 0 Å². The molecule has 0 amide bonds. The molecular formula is C16H29NO. The summed E-state index contributed by atoms with van der Waals surface area (Å²) in [6.45, 7) is 8.01. The van der Waals surface area contributed by atoms with Crippen LogP contribution < -0.4 is 0 Å². The van der Waals surface area contributed by atoms with E-state index < -0.39 is 0 Å². The number of hydrogen-bond donors (Lipinski definition) is 1. The summed E-state index contributed by atoms with van der Waals surface area (Å²) in [6, 6.07) is 1.39. The normalized spacial score (nSPS) is 50.7. The second-order valence-corrected chi connectivity index (χ2v) is 7.52. The van der Waals surface area contributed by atoms with Crippen molar-refractivity contribution in [1.29, 1.82) is 0 Å². The van der Waals surface area contributed by atoms with Gasteiger partial charge in [-0.15, -0.1) is 0 Å². The van der Waals surface area contributed by atoms with Crippen molar-refractivity contribution in [2.75, 3.05) is 6.54 Å². The molecule has 1 heterocycles. The number of β-amino-alcohol motifs (C(OH)–C–C–N with tert-alkyl or cyclic N) is 1. The molecule has 0 bridgehead atoms. The van der Waals surface area contributed by atoms with Gasteiger partial charge in [0.1, 0.15) is 0 Å². The fourth-order valence-corrected chi connectivity index (χ4v) is 4.39. The average Bonchev–Trinajstić information content (AvgIpc) is 3.09. The zero-order chi connectivity index (χ0) is 12.9. The van der Waals surface area contributed by atoms with E-state index in [4.69, 9.17) is 0 Å². The Morgan fingerprint density at radius 3 is 2.33 bits per heavy atom. The minimum atomic E-state index is -0.379. The zero-order valence-corrected chi connectivity index (χ0v) is 12.2. The summed E-state index contributed by atoms with van der Waals surface area (Å²) in [5, 5.41) is 11.1. The first-order chi connectivity index (χ1) is 8.49. The molecule has 0 aromatic rings. The molecule has 3 fully saturated rings. The van der Waals surface area contributed by atoms with E-state index in [9.17, 15) is 5.11 Å². The molecule has 2 aliphatic carbocycles. The highest BCUT2D eigenvalue weighted by Gasteiger charge is 2.50. The van der Waals surface area contributed by atoms with Crippen LogP contribution in [0.2, 0.25) is 0 Å². The van der Waals surface area contributed by atoms with Gasteiger partial charge >= 0.3 is 0 Å². The Hall–Kier alpha value is -0.0800. The molecule has 1 saturated heterocycles. The SMILES string of the molecule is CC1CCC(C2(O)CC(C)N(C3CC3)C2)CC1C. The molecule has 3 rings (SSSR count). The summed E-state index contributed by atoms with van der Waals surface area (Å²) in [7, 11) is 0. The van der Waals surface area contributed by atoms with Gasteiger partial charge in [-0.2, -0.15) is 0 Å². The molecule has 1 N–H and O–H groups in total. The molecular weight excluding hydrogens is 222 g/mol. The van der Waals surface area contributed by atoms with Crippen molar-refractivity contribution in [1.82, 2.24) is 4.90 Å². The maximum Gasteiger partial charge on any atom is 0.0817 e. The molecule has 3 aliphatic rings. The van der Waals surface area contributed by atoms with Gasteiger partial charge in [0.2, 0.25) is 0 Å². The zero-order valence-electron chi connectivity index (χ0n) is 12.2. The molecule has 104 valence electrons. The maximum atomic E-state index is 11.1. The lowest BCUT2D eigenvalue weighted by Crippen LogP contribution is -2.44. The summed E-state index contributed by atoms with van der Waals surface area (Å²) in [5.74, 6) is 2.19. The third-order valence-corrected chi connectivity index (χ3v) is 6.05. The topological polar surface area (TPSA) is 23.5 Å². The van der Waals surface area contributed by atoms with Crippen molar-refractivity contribution in [3.63, 3.8) is 0 Å². The molecule has 0 aromatic carbocycles. The van der Waals surface area contributed by atoms with Gasteiger partial charge in [0.05, 0.1) is 5.60 Å². The highest BCUT2D eigenvalue weighted by molar-refractivity contribution is 5.04. The van der Waals surface area contributed by atoms with Crippen LogP contribution in [0.25, 0.3) is 0 Å². The summed E-state index contributed by atoms with van der Waals surface area (Å²) < 4.78 is 0. The van der Waals surface area contributed by atoms with E-state index in [1.54, 1.807) is 0 Å². The summed E-state index contributed by atoms with van der Waals surface area (Å²) in [4.78, 5) is 2.59. The van der Waals surface area contributed by atoms with E-state index in [2.05, 4.69) is 25.7 Å². The monoisotopic (exact) mass is 251 g/mol. The van der Waals surface area contributed by atoms with Crippen molar-refractivity contribution in [3.8, 4) is 0 Å². The first-order valence-electron chi connectivity index (χ1n) is 7.98. The Morgan fingerprint density at radius 1 is 1.00 bits per heavy atom. The molecule has 5 unspecified atom stereocenters. The van der Waals surface area contributed by atoms with E-state index in [1.807, 2.05) is 0 Å². The first-order valence-corrected chi connectivity index (χ1v) is 7.98. The lowest BCUT2D eigenvalue weighted by Gasteiger charge is -2.40. The highest BCUT2D eigenvalue weighted by Crippen LogP contribution is 2.46. The second kappa shape index (κ2) is 4.49. The van der Waals surface area contributed by atoms with E-state index in [-0.39, 0.29) is 5.60 Å². The van der Waals surface area contributed by atoms with Crippen LogP contribution in [-0.2, 0) is 0 Å². The molecule has 1 aliphatic heterocycles. The summed E-state index contributed by atoms with van der Waals surface area (Å²) in [6.07, 6.45) is 7.52. The van der Waals surface area contributed by atoms with Gasteiger partial charge < -0.3 is 5.11 Å². The standard InChI is InChI=1S/C16H29NO/c1-11-4-5-14(8-12(11)2)16(18)9-13(3)17(10-16)15-6-7-15/h11-15,18H,4-10H2,1-3H3. The van der Waals surface area contributed by atoms with Crippen molar-refractivity contribution < 1.29 is 5.11 Å². The third-order valence-electron chi connectivity index (χ3n) is 6.05. The van der Waals surface area contributed by atoms with Crippen LogP contribution in [0.4, 0.5) is 0 Å². The van der Waals surface area contributed by atoms with E-state index >= 15 is 0 Å². The van der Waals surface area contributed by atoms with Crippen LogP contribution in [-0.4, -0.2) is 34.2 Å².